The standard InChI is InChI=1S/C27H25F2N3O5/c1-4-31(19-8-16(28)7-17(29)9-19)27(34)24-14-32(20-10-18(30)11-22(12-20)36-3)25-13-21(37-15-35-2)5-6-23(25)26(24)33/h5-14H,4,15,30H2,1-3H3. The summed E-state index contributed by atoms with van der Waals surface area (Å²) in [6, 6.07) is 12.5. The van der Waals surface area contributed by atoms with Crippen LogP contribution in [0.3, 0.4) is 0 Å². The predicted octanol–water partition coefficient (Wildman–Crippen LogP) is 4.51. The number of hydrogen-bond acceptors (Lipinski definition) is 6. The van der Waals surface area contributed by atoms with Gasteiger partial charge in [0.05, 0.1) is 18.3 Å². The molecule has 8 nitrogen and oxygen atoms in total. The summed E-state index contributed by atoms with van der Waals surface area (Å²) in [6.45, 7) is 1.70. The van der Waals surface area contributed by atoms with Crippen LogP contribution < -0.4 is 25.5 Å². The van der Waals surface area contributed by atoms with Gasteiger partial charge in [0.1, 0.15) is 28.7 Å². The Morgan fingerprint density at radius 2 is 1.73 bits per heavy atom. The molecule has 0 radical (unpaired) electrons. The summed E-state index contributed by atoms with van der Waals surface area (Å²) in [5, 5.41) is 0.221. The Morgan fingerprint density at radius 3 is 2.38 bits per heavy atom. The number of aromatic nitrogens is 1. The molecule has 0 aliphatic rings. The number of rotatable bonds is 8. The van der Waals surface area contributed by atoms with Gasteiger partial charge in [-0.3, -0.25) is 9.59 Å². The maximum absolute atomic E-state index is 13.9. The maximum Gasteiger partial charge on any atom is 0.263 e. The van der Waals surface area contributed by atoms with Crippen molar-refractivity contribution in [1.82, 2.24) is 4.57 Å². The van der Waals surface area contributed by atoms with E-state index in [1.54, 1.807) is 41.8 Å². The number of halogens is 2. The van der Waals surface area contributed by atoms with E-state index in [1.807, 2.05) is 0 Å². The molecule has 0 aliphatic carbocycles. The van der Waals surface area contributed by atoms with Crippen LogP contribution in [-0.4, -0.2) is 38.0 Å². The summed E-state index contributed by atoms with van der Waals surface area (Å²) in [6.07, 6.45) is 1.37. The number of amides is 1. The van der Waals surface area contributed by atoms with Crippen LogP contribution in [0.5, 0.6) is 11.5 Å². The third-order valence-corrected chi connectivity index (χ3v) is 5.70. The zero-order valence-corrected chi connectivity index (χ0v) is 20.5. The van der Waals surface area contributed by atoms with Gasteiger partial charge in [-0.15, -0.1) is 0 Å². The Morgan fingerprint density at radius 1 is 1.00 bits per heavy atom. The van der Waals surface area contributed by atoms with E-state index in [2.05, 4.69) is 0 Å². The lowest BCUT2D eigenvalue weighted by Gasteiger charge is -2.22. The second-order valence-corrected chi connectivity index (χ2v) is 8.11. The van der Waals surface area contributed by atoms with Gasteiger partial charge in [0.2, 0.25) is 5.43 Å². The number of carbonyl (C=O) groups excluding carboxylic acids is 1. The Kier molecular flexibility index (Phi) is 7.40. The van der Waals surface area contributed by atoms with Crippen molar-refractivity contribution in [2.75, 3.05) is 38.2 Å². The van der Waals surface area contributed by atoms with Gasteiger partial charge < -0.3 is 29.4 Å². The zero-order valence-electron chi connectivity index (χ0n) is 20.5. The summed E-state index contributed by atoms with van der Waals surface area (Å²) in [5.41, 5.74) is 6.65. The first-order valence-corrected chi connectivity index (χ1v) is 11.3. The molecule has 0 spiro atoms. The van der Waals surface area contributed by atoms with Gasteiger partial charge in [-0.2, -0.15) is 0 Å². The number of methoxy groups -OCH3 is 2. The van der Waals surface area contributed by atoms with Crippen LogP contribution in [0.2, 0.25) is 0 Å². The average Bonchev–Trinajstić information content (AvgIpc) is 2.87. The molecule has 0 fully saturated rings. The van der Waals surface area contributed by atoms with E-state index in [0.717, 1.165) is 17.0 Å². The average molecular weight is 510 g/mol. The highest BCUT2D eigenvalue weighted by atomic mass is 19.1. The molecule has 37 heavy (non-hydrogen) atoms. The van der Waals surface area contributed by atoms with Crippen molar-refractivity contribution in [3.63, 3.8) is 0 Å². The summed E-state index contributed by atoms with van der Waals surface area (Å²) < 4.78 is 45.3. The first kappa shape index (κ1) is 25.6. The van der Waals surface area contributed by atoms with Crippen LogP contribution in [0.4, 0.5) is 20.2 Å². The van der Waals surface area contributed by atoms with Gasteiger partial charge in [-0.25, -0.2) is 8.78 Å². The lowest BCUT2D eigenvalue weighted by atomic mass is 10.1. The van der Waals surface area contributed by atoms with Crippen LogP contribution in [-0.2, 0) is 4.74 Å². The van der Waals surface area contributed by atoms with E-state index in [1.165, 1.54) is 26.5 Å². The van der Waals surface area contributed by atoms with Gasteiger partial charge in [0, 0.05) is 60.9 Å². The first-order valence-electron chi connectivity index (χ1n) is 11.3. The Labute approximate surface area is 211 Å². The van der Waals surface area contributed by atoms with Crippen molar-refractivity contribution >= 4 is 28.2 Å². The largest absolute Gasteiger partial charge is 0.497 e. The smallest absolute Gasteiger partial charge is 0.263 e. The van der Waals surface area contributed by atoms with E-state index in [4.69, 9.17) is 19.9 Å². The second kappa shape index (κ2) is 10.7. The molecular weight excluding hydrogens is 484 g/mol. The quantitative estimate of drug-likeness (QED) is 0.277. The fourth-order valence-corrected chi connectivity index (χ4v) is 4.03. The Hall–Kier alpha value is -4.44. The van der Waals surface area contributed by atoms with Crippen molar-refractivity contribution in [3.8, 4) is 17.2 Å². The highest BCUT2D eigenvalue weighted by Gasteiger charge is 2.23. The molecule has 1 amide bonds. The lowest BCUT2D eigenvalue weighted by molar-refractivity contribution is 0.0512. The van der Waals surface area contributed by atoms with Crippen LogP contribution in [0.1, 0.15) is 17.3 Å². The minimum absolute atomic E-state index is 0.00588. The van der Waals surface area contributed by atoms with Gasteiger partial charge in [0.25, 0.3) is 5.91 Å². The molecule has 4 rings (SSSR count). The van der Waals surface area contributed by atoms with Crippen LogP contribution in [0.15, 0.2) is 65.6 Å². The monoisotopic (exact) mass is 509 g/mol. The van der Waals surface area contributed by atoms with Crippen LogP contribution in [0, 0.1) is 11.6 Å². The predicted molar refractivity (Wildman–Crippen MR) is 137 cm³/mol. The number of nitrogens with zero attached hydrogens (tertiary/aromatic N) is 2. The normalized spacial score (nSPS) is 10.9. The molecule has 4 aromatic rings. The van der Waals surface area contributed by atoms with Gasteiger partial charge in [-0.1, -0.05) is 0 Å². The molecular formula is C27H25F2N3O5. The van der Waals surface area contributed by atoms with E-state index < -0.39 is 23.0 Å². The number of ether oxygens (including phenoxy) is 3. The Bertz CT molecular complexity index is 1520. The second-order valence-electron chi connectivity index (χ2n) is 8.11. The zero-order chi connectivity index (χ0) is 26.7. The number of pyridine rings is 1. The molecule has 0 atom stereocenters. The summed E-state index contributed by atoms with van der Waals surface area (Å²) in [5.74, 6) is -1.50. The van der Waals surface area contributed by atoms with Gasteiger partial charge >= 0.3 is 0 Å². The van der Waals surface area contributed by atoms with E-state index in [-0.39, 0.29) is 30.0 Å². The molecule has 0 saturated carbocycles. The van der Waals surface area contributed by atoms with Crippen molar-refractivity contribution in [2.24, 2.45) is 0 Å². The number of carbonyl (C=O) groups is 1. The van der Waals surface area contributed by atoms with Gasteiger partial charge in [0.15, 0.2) is 6.79 Å². The molecule has 10 heteroatoms. The molecule has 1 heterocycles. The number of anilines is 2. The summed E-state index contributed by atoms with van der Waals surface area (Å²) in [4.78, 5) is 28.3. The number of nitrogens with two attached hydrogens (primary N) is 1. The topological polar surface area (TPSA) is 96.0 Å². The van der Waals surface area contributed by atoms with Crippen molar-refractivity contribution in [3.05, 3.63) is 88.2 Å². The number of hydrogen-bond donors (Lipinski definition) is 1. The molecule has 0 unspecified atom stereocenters. The van der Waals surface area contributed by atoms with Gasteiger partial charge in [-0.05, 0) is 37.3 Å². The number of benzene rings is 3. The molecule has 0 aliphatic heterocycles. The maximum atomic E-state index is 13.9. The highest BCUT2D eigenvalue weighted by Crippen LogP contribution is 2.28. The van der Waals surface area contributed by atoms with Crippen LogP contribution >= 0.6 is 0 Å². The summed E-state index contributed by atoms with van der Waals surface area (Å²) >= 11 is 0. The minimum atomic E-state index is -0.840. The third kappa shape index (κ3) is 5.24. The Balaban J connectivity index is 1.96. The molecule has 0 bridgehead atoms. The molecule has 2 N–H and O–H groups in total. The van der Waals surface area contributed by atoms with E-state index in [0.29, 0.717) is 34.5 Å². The van der Waals surface area contributed by atoms with Crippen molar-refractivity contribution < 1.29 is 27.8 Å². The van der Waals surface area contributed by atoms with Crippen LogP contribution in [0.25, 0.3) is 16.6 Å². The first-order chi connectivity index (χ1) is 17.7. The fourth-order valence-electron chi connectivity index (χ4n) is 4.03. The van der Waals surface area contributed by atoms with E-state index >= 15 is 0 Å². The fraction of sp³-hybridized carbons (Fsp3) is 0.185. The number of nitrogen functional groups attached to an aromatic ring is 1. The molecule has 3 aromatic carbocycles. The molecule has 192 valence electrons. The summed E-state index contributed by atoms with van der Waals surface area (Å²) in [7, 11) is 2.98. The van der Waals surface area contributed by atoms with Crippen molar-refractivity contribution in [2.45, 2.75) is 6.92 Å². The molecule has 0 saturated heterocycles. The molecule has 1 aromatic heterocycles. The highest BCUT2D eigenvalue weighted by molar-refractivity contribution is 6.07. The lowest BCUT2D eigenvalue weighted by Crippen LogP contribution is -2.35. The van der Waals surface area contributed by atoms with Crippen molar-refractivity contribution in [1.29, 1.82) is 0 Å². The minimum Gasteiger partial charge on any atom is -0.497 e. The number of fused-ring (bicyclic) bond motifs is 1. The third-order valence-electron chi connectivity index (χ3n) is 5.70. The SMILES string of the molecule is CCN(C(=O)c1cn(-c2cc(N)cc(OC)c2)c2cc(OCOC)ccc2c1=O)c1cc(F)cc(F)c1. The van der Waals surface area contributed by atoms with E-state index in [9.17, 15) is 18.4 Å².